The Labute approximate surface area is 166 Å². The van der Waals surface area contributed by atoms with Gasteiger partial charge in [-0.15, -0.1) is 0 Å². The van der Waals surface area contributed by atoms with Gasteiger partial charge in [0.15, 0.2) is 11.5 Å². The van der Waals surface area contributed by atoms with Crippen LogP contribution >= 0.6 is 0 Å². The number of aromatic nitrogens is 5. The van der Waals surface area contributed by atoms with Gasteiger partial charge in [0.1, 0.15) is 5.69 Å². The van der Waals surface area contributed by atoms with Gasteiger partial charge in [0.2, 0.25) is 5.89 Å². The second-order valence-corrected chi connectivity index (χ2v) is 7.52. The van der Waals surface area contributed by atoms with Gasteiger partial charge in [-0.05, 0) is 31.4 Å². The van der Waals surface area contributed by atoms with Crippen LogP contribution in [0, 0.1) is 0 Å². The van der Waals surface area contributed by atoms with E-state index in [1.54, 1.807) is 15.5 Å². The number of amides is 2. The molecule has 0 radical (unpaired) electrons. The van der Waals surface area contributed by atoms with Crippen molar-refractivity contribution in [1.82, 2.24) is 35.1 Å². The van der Waals surface area contributed by atoms with Crippen LogP contribution in [0.4, 0.5) is 0 Å². The molecule has 3 aromatic rings. The van der Waals surface area contributed by atoms with Gasteiger partial charge in [-0.3, -0.25) is 14.7 Å². The summed E-state index contributed by atoms with van der Waals surface area (Å²) in [6.07, 6.45) is 4.57. The normalized spacial score (nSPS) is 16.0. The van der Waals surface area contributed by atoms with Crippen LogP contribution in [0.1, 0.15) is 62.7 Å². The van der Waals surface area contributed by atoms with Crippen molar-refractivity contribution in [2.75, 3.05) is 6.54 Å². The molecule has 1 fully saturated rings. The molecule has 0 aromatic carbocycles. The van der Waals surface area contributed by atoms with E-state index in [1.807, 2.05) is 19.3 Å². The summed E-state index contributed by atoms with van der Waals surface area (Å²) < 4.78 is 7.00. The number of hydrogen-bond donors (Lipinski definition) is 2. The molecule has 150 valence electrons. The van der Waals surface area contributed by atoms with Crippen molar-refractivity contribution in [1.29, 1.82) is 0 Å². The minimum atomic E-state index is -0.289. The molecule has 3 aromatic heterocycles. The zero-order valence-electron chi connectivity index (χ0n) is 16.0. The van der Waals surface area contributed by atoms with E-state index >= 15 is 0 Å². The van der Waals surface area contributed by atoms with Gasteiger partial charge >= 0.3 is 0 Å². The standard InChI is InChI=1S/C19H21N7O3/c1-25-7-2-3-14(25)19(28)26-8-6-12-13(10-26)22-23-16(12)17(27)20-9-15-21-18(29-24-15)11-4-5-11/h2-3,7,11H,4-6,8-10H2,1H3,(H,20,27)(H,22,23). The van der Waals surface area contributed by atoms with Crippen molar-refractivity contribution in [2.45, 2.75) is 38.3 Å². The first kappa shape index (κ1) is 17.7. The van der Waals surface area contributed by atoms with Crippen LogP contribution in [-0.2, 0) is 26.6 Å². The molecule has 0 saturated heterocycles. The average molecular weight is 395 g/mol. The molecule has 29 heavy (non-hydrogen) atoms. The Balaban J connectivity index is 1.24. The van der Waals surface area contributed by atoms with E-state index in [0.29, 0.717) is 48.5 Å². The molecule has 2 amide bonds. The van der Waals surface area contributed by atoms with Gasteiger partial charge in [0, 0.05) is 31.3 Å². The molecule has 2 aliphatic rings. The molecule has 10 heteroatoms. The van der Waals surface area contributed by atoms with Crippen molar-refractivity contribution in [3.05, 3.63) is 52.7 Å². The lowest BCUT2D eigenvalue weighted by Crippen LogP contribution is -2.37. The molecule has 0 bridgehead atoms. The molecule has 1 aliphatic carbocycles. The molecule has 0 spiro atoms. The van der Waals surface area contributed by atoms with Crippen LogP contribution in [0.3, 0.4) is 0 Å². The zero-order chi connectivity index (χ0) is 20.0. The molecular weight excluding hydrogens is 374 g/mol. The lowest BCUT2D eigenvalue weighted by molar-refractivity contribution is 0.0723. The first-order valence-electron chi connectivity index (χ1n) is 9.67. The highest BCUT2D eigenvalue weighted by Gasteiger charge is 2.30. The highest BCUT2D eigenvalue weighted by atomic mass is 16.5. The van der Waals surface area contributed by atoms with Gasteiger partial charge in [-0.2, -0.15) is 10.1 Å². The minimum absolute atomic E-state index is 0.0349. The highest BCUT2D eigenvalue weighted by Crippen LogP contribution is 2.38. The largest absolute Gasteiger partial charge is 0.347 e. The SMILES string of the molecule is Cn1cccc1C(=O)N1CCc2c(C(=O)NCc3noc(C4CC4)n3)n[nH]c2C1. The van der Waals surface area contributed by atoms with Crippen molar-refractivity contribution in [2.24, 2.45) is 7.05 Å². The fourth-order valence-corrected chi connectivity index (χ4v) is 3.60. The molecule has 4 heterocycles. The number of carbonyl (C=O) groups is 2. The minimum Gasteiger partial charge on any atom is -0.347 e. The summed E-state index contributed by atoms with van der Waals surface area (Å²) in [5.41, 5.74) is 2.64. The average Bonchev–Trinajstić information content (AvgIpc) is 3.13. The predicted octanol–water partition coefficient (Wildman–Crippen LogP) is 1.14. The topological polar surface area (TPSA) is 122 Å². The molecular formula is C19H21N7O3. The fourth-order valence-electron chi connectivity index (χ4n) is 3.60. The number of aryl methyl sites for hydroxylation is 1. The Hall–Kier alpha value is -3.43. The number of aromatic amines is 1. The monoisotopic (exact) mass is 395 g/mol. The first-order chi connectivity index (χ1) is 14.1. The van der Waals surface area contributed by atoms with Gasteiger partial charge < -0.3 is 19.3 Å². The Kier molecular flexibility index (Phi) is 4.18. The molecule has 2 N–H and O–H groups in total. The van der Waals surface area contributed by atoms with E-state index < -0.39 is 0 Å². The lowest BCUT2D eigenvalue weighted by Gasteiger charge is -2.27. The van der Waals surface area contributed by atoms with Gasteiger partial charge in [-0.1, -0.05) is 5.16 Å². The number of hydrogen-bond acceptors (Lipinski definition) is 6. The molecule has 0 unspecified atom stereocenters. The Bertz CT molecular complexity index is 1080. The Morgan fingerprint density at radius 2 is 2.24 bits per heavy atom. The summed E-state index contributed by atoms with van der Waals surface area (Å²) >= 11 is 0. The maximum Gasteiger partial charge on any atom is 0.272 e. The number of carbonyl (C=O) groups excluding carboxylic acids is 2. The van der Waals surface area contributed by atoms with Crippen LogP contribution < -0.4 is 5.32 Å². The lowest BCUT2D eigenvalue weighted by atomic mass is 10.0. The van der Waals surface area contributed by atoms with Crippen molar-refractivity contribution in [3.8, 4) is 0 Å². The van der Waals surface area contributed by atoms with Crippen molar-refractivity contribution in [3.63, 3.8) is 0 Å². The number of H-pyrrole nitrogens is 1. The maximum absolute atomic E-state index is 12.7. The summed E-state index contributed by atoms with van der Waals surface area (Å²) in [5, 5.41) is 13.8. The second kappa shape index (κ2) is 6.87. The van der Waals surface area contributed by atoms with Crippen LogP contribution in [0.25, 0.3) is 0 Å². The number of nitrogens with zero attached hydrogens (tertiary/aromatic N) is 5. The second-order valence-electron chi connectivity index (χ2n) is 7.52. The van der Waals surface area contributed by atoms with E-state index in [9.17, 15) is 9.59 Å². The third kappa shape index (κ3) is 3.30. The van der Waals surface area contributed by atoms with E-state index in [2.05, 4.69) is 25.7 Å². The zero-order valence-corrected chi connectivity index (χ0v) is 16.0. The molecule has 5 rings (SSSR count). The molecule has 1 aliphatic heterocycles. The third-order valence-corrected chi connectivity index (χ3v) is 5.42. The third-order valence-electron chi connectivity index (χ3n) is 5.42. The summed E-state index contributed by atoms with van der Waals surface area (Å²) in [5.74, 6) is 1.17. The van der Waals surface area contributed by atoms with Crippen LogP contribution in [0.5, 0.6) is 0 Å². The van der Waals surface area contributed by atoms with Gasteiger partial charge in [0.25, 0.3) is 11.8 Å². The fraction of sp³-hybridized carbons (Fsp3) is 0.421. The van der Waals surface area contributed by atoms with Gasteiger partial charge in [0.05, 0.1) is 18.8 Å². The van der Waals surface area contributed by atoms with E-state index in [4.69, 9.17) is 4.52 Å². The maximum atomic E-state index is 12.7. The summed E-state index contributed by atoms with van der Waals surface area (Å²) in [4.78, 5) is 31.4. The van der Waals surface area contributed by atoms with Crippen LogP contribution in [0.2, 0.25) is 0 Å². The summed E-state index contributed by atoms with van der Waals surface area (Å²) in [7, 11) is 1.85. The van der Waals surface area contributed by atoms with Crippen molar-refractivity contribution >= 4 is 11.8 Å². The molecule has 10 nitrogen and oxygen atoms in total. The summed E-state index contributed by atoms with van der Waals surface area (Å²) in [6, 6.07) is 3.65. The van der Waals surface area contributed by atoms with E-state index in [1.165, 1.54) is 0 Å². The van der Waals surface area contributed by atoms with Crippen LogP contribution in [0.15, 0.2) is 22.9 Å². The first-order valence-corrected chi connectivity index (χ1v) is 9.67. The van der Waals surface area contributed by atoms with Crippen molar-refractivity contribution < 1.29 is 14.1 Å². The number of rotatable bonds is 5. The predicted molar refractivity (Wildman–Crippen MR) is 99.9 cm³/mol. The molecule has 1 saturated carbocycles. The Morgan fingerprint density at radius 3 is 3.00 bits per heavy atom. The van der Waals surface area contributed by atoms with E-state index in [-0.39, 0.29) is 18.4 Å². The Morgan fingerprint density at radius 1 is 1.38 bits per heavy atom. The van der Waals surface area contributed by atoms with E-state index in [0.717, 1.165) is 24.1 Å². The van der Waals surface area contributed by atoms with Crippen LogP contribution in [-0.4, -0.2) is 48.2 Å². The van der Waals surface area contributed by atoms with Gasteiger partial charge in [-0.25, -0.2) is 0 Å². The molecule has 0 atom stereocenters. The number of fused-ring (bicyclic) bond motifs is 1. The highest BCUT2D eigenvalue weighted by molar-refractivity contribution is 5.95. The number of nitrogens with one attached hydrogen (secondary N) is 2. The summed E-state index contributed by atoms with van der Waals surface area (Å²) in [6.45, 7) is 1.12. The smallest absolute Gasteiger partial charge is 0.272 e. The quantitative estimate of drug-likeness (QED) is 0.668.